The Kier molecular flexibility index (Phi) is 5.73. The molecule has 22 heavy (non-hydrogen) atoms. The number of halogens is 2. The van der Waals surface area contributed by atoms with Crippen molar-refractivity contribution in [1.82, 2.24) is 10.2 Å². The molecule has 1 N–H and O–H groups in total. The molecule has 2 aliphatic rings. The maximum absolute atomic E-state index is 12.7. The Morgan fingerprint density at radius 2 is 2.32 bits per heavy atom. The van der Waals surface area contributed by atoms with Gasteiger partial charge >= 0.3 is 0 Å². The fourth-order valence-electron chi connectivity index (χ4n) is 3.01. The van der Waals surface area contributed by atoms with Crippen LogP contribution < -0.4 is 10.1 Å². The lowest BCUT2D eigenvalue weighted by Gasteiger charge is -2.27. The molecular formula is C16H20Cl2N2O2. The highest BCUT2D eigenvalue weighted by Crippen LogP contribution is 2.30. The number of carbonyl (C=O) groups excluding carboxylic acids is 1. The summed E-state index contributed by atoms with van der Waals surface area (Å²) in [4.78, 5) is 14.7. The summed E-state index contributed by atoms with van der Waals surface area (Å²) in [5.41, 5.74) is 1.58. The van der Waals surface area contributed by atoms with E-state index in [0.717, 1.165) is 37.2 Å². The normalized spacial score (nSPS) is 19.8. The predicted octanol–water partition coefficient (Wildman–Crippen LogP) is 2.75. The minimum atomic E-state index is 0. The monoisotopic (exact) mass is 342 g/mol. The third-order valence-corrected chi connectivity index (χ3v) is 4.27. The third kappa shape index (κ3) is 3.40. The minimum absolute atomic E-state index is 0. The van der Waals surface area contributed by atoms with Gasteiger partial charge in [-0.25, -0.2) is 0 Å². The van der Waals surface area contributed by atoms with Gasteiger partial charge in [0, 0.05) is 29.7 Å². The van der Waals surface area contributed by atoms with E-state index in [0.29, 0.717) is 17.2 Å². The van der Waals surface area contributed by atoms with E-state index in [-0.39, 0.29) is 24.4 Å². The highest BCUT2D eigenvalue weighted by atomic mass is 35.5. The van der Waals surface area contributed by atoms with E-state index in [1.165, 1.54) is 0 Å². The Hall–Kier alpha value is -1.23. The van der Waals surface area contributed by atoms with Gasteiger partial charge in [-0.1, -0.05) is 11.6 Å². The molecule has 1 aromatic carbocycles. The van der Waals surface area contributed by atoms with Crippen LogP contribution in [0.25, 0.3) is 6.08 Å². The van der Waals surface area contributed by atoms with E-state index in [1.54, 1.807) is 6.07 Å². The molecule has 0 saturated carbocycles. The number of amides is 1. The van der Waals surface area contributed by atoms with Crippen molar-refractivity contribution in [3.8, 4) is 5.75 Å². The Morgan fingerprint density at radius 1 is 1.50 bits per heavy atom. The van der Waals surface area contributed by atoms with Crippen molar-refractivity contribution >= 4 is 36.0 Å². The van der Waals surface area contributed by atoms with E-state index in [2.05, 4.69) is 5.32 Å². The maximum Gasteiger partial charge on any atom is 0.253 e. The van der Waals surface area contributed by atoms with Crippen LogP contribution in [-0.2, 0) is 4.79 Å². The fourth-order valence-corrected chi connectivity index (χ4v) is 3.19. The number of nitrogens with zero attached hydrogens (tertiary/aromatic N) is 1. The first-order valence-corrected chi connectivity index (χ1v) is 7.65. The quantitative estimate of drug-likeness (QED) is 0.918. The molecule has 0 aliphatic carbocycles. The Bertz CT molecular complexity index is 590. The van der Waals surface area contributed by atoms with E-state index in [1.807, 2.05) is 30.2 Å². The molecule has 1 unspecified atom stereocenters. The van der Waals surface area contributed by atoms with Crippen LogP contribution in [0.1, 0.15) is 18.4 Å². The van der Waals surface area contributed by atoms with Crippen molar-refractivity contribution < 1.29 is 9.53 Å². The molecule has 120 valence electrons. The van der Waals surface area contributed by atoms with E-state index < -0.39 is 0 Å². The third-order valence-electron chi connectivity index (χ3n) is 4.04. The van der Waals surface area contributed by atoms with Crippen molar-refractivity contribution in [2.45, 2.75) is 18.9 Å². The smallest absolute Gasteiger partial charge is 0.253 e. The largest absolute Gasteiger partial charge is 0.488 e. The highest BCUT2D eigenvalue weighted by Gasteiger charge is 2.31. The average Bonchev–Trinajstić information content (AvgIpc) is 2.94. The number of rotatable bonds is 3. The summed E-state index contributed by atoms with van der Waals surface area (Å²) < 4.78 is 5.68. The number of fused-ring (bicyclic) bond motifs is 1. The van der Waals surface area contributed by atoms with Gasteiger partial charge in [0.15, 0.2) is 0 Å². The average molecular weight is 343 g/mol. The molecule has 0 spiro atoms. The SMILES string of the molecule is CNCC1CCCN1C(=O)C1=Cc2cc(Cl)ccc2OC1.Cl. The molecule has 6 heteroatoms. The van der Waals surface area contributed by atoms with E-state index in [4.69, 9.17) is 16.3 Å². The molecule has 0 bridgehead atoms. The number of benzene rings is 1. The van der Waals surface area contributed by atoms with Crippen molar-refractivity contribution in [3.05, 3.63) is 34.4 Å². The summed E-state index contributed by atoms with van der Waals surface area (Å²) in [6.45, 7) is 1.99. The number of hydrogen-bond donors (Lipinski definition) is 1. The van der Waals surface area contributed by atoms with Crippen LogP contribution in [0.3, 0.4) is 0 Å². The van der Waals surface area contributed by atoms with Gasteiger partial charge in [-0.3, -0.25) is 4.79 Å². The minimum Gasteiger partial charge on any atom is -0.488 e. The van der Waals surface area contributed by atoms with Crippen molar-refractivity contribution in [1.29, 1.82) is 0 Å². The predicted molar refractivity (Wildman–Crippen MR) is 90.8 cm³/mol. The summed E-state index contributed by atoms with van der Waals surface area (Å²) in [6.07, 6.45) is 4.03. The van der Waals surface area contributed by atoms with Gasteiger partial charge in [0.25, 0.3) is 5.91 Å². The zero-order valence-electron chi connectivity index (χ0n) is 12.5. The molecule has 1 amide bonds. The number of ether oxygens (including phenoxy) is 1. The molecule has 2 heterocycles. The lowest BCUT2D eigenvalue weighted by atomic mass is 10.1. The number of likely N-dealkylation sites (N-methyl/N-ethyl adjacent to an activating group) is 1. The van der Waals surface area contributed by atoms with Crippen LogP contribution in [0.4, 0.5) is 0 Å². The summed E-state index contributed by atoms with van der Waals surface area (Å²) in [6, 6.07) is 5.75. The van der Waals surface area contributed by atoms with Gasteiger partial charge in [-0.05, 0) is 44.2 Å². The van der Waals surface area contributed by atoms with Gasteiger partial charge < -0.3 is 15.0 Å². The van der Waals surface area contributed by atoms with Crippen LogP contribution in [0.5, 0.6) is 5.75 Å². The molecule has 1 atom stereocenters. The van der Waals surface area contributed by atoms with Crippen molar-refractivity contribution in [2.75, 3.05) is 26.7 Å². The van der Waals surface area contributed by atoms with Crippen molar-refractivity contribution in [3.63, 3.8) is 0 Å². The van der Waals surface area contributed by atoms with Gasteiger partial charge in [0.05, 0.1) is 5.57 Å². The van der Waals surface area contributed by atoms with Crippen LogP contribution in [0, 0.1) is 0 Å². The molecule has 0 aromatic heterocycles. The number of likely N-dealkylation sites (tertiary alicyclic amines) is 1. The number of nitrogens with one attached hydrogen (secondary N) is 1. The second-order valence-corrected chi connectivity index (χ2v) is 5.93. The molecule has 0 radical (unpaired) electrons. The molecular weight excluding hydrogens is 323 g/mol. The molecule has 3 rings (SSSR count). The topological polar surface area (TPSA) is 41.6 Å². The first kappa shape index (κ1) is 17.1. The van der Waals surface area contributed by atoms with E-state index >= 15 is 0 Å². The second-order valence-electron chi connectivity index (χ2n) is 5.49. The molecule has 4 nitrogen and oxygen atoms in total. The number of hydrogen-bond acceptors (Lipinski definition) is 3. The highest BCUT2D eigenvalue weighted by molar-refractivity contribution is 6.30. The van der Waals surface area contributed by atoms with E-state index in [9.17, 15) is 4.79 Å². The molecule has 1 fully saturated rings. The van der Waals surface area contributed by atoms with Crippen LogP contribution >= 0.6 is 24.0 Å². The number of carbonyl (C=O) groups is 1. The second kappa shape index (κ2) is 7.36. The molecule has 2 aliphatic heterocycles. The Balaban J connectivity index is 0.00000176. The fraction of sp³-hybridized carbons (Fsp3) is 0.438. The van der Waals surface area contributed by atoms with Crippen LogP contribution in [0.15, 0.2) is 23.8 Å². The van der Waals surface area contributed by atoms with Crippen LogP contribution in [-0.4, -0.2) is 43.6 Å². The Labute approximate surface area is 141 Å². The van der Waals surface area contributed by atoms with Gasteiger partial charge in [-0.2, -0.15) is 0 Å². The van der Waals surface area contributed by atoms with Gasteiger partial charge in [0.1, 0.15) is 12.4 Å². The zero-order valence-corrected chi connectivity index (χ0v) is 14.0. The molecule has 1 saturated heterocycles. The maximum atomic E-state index is 12.7. The summed E-state index contributed by atoms with van der Waals surface area (Å²) in [5, 5.41) is 3.81. The lowest BCUT2D eigenvalue weighted by molar-refractivity contribution is -0.128. The first-order valence-electron chi connectivity index (χ1n) is 7.27. The van der Waals surface area contributed by atoms with Crippen molar-refractivity contribution in [2.24, 2.45) is 0 Å². The summed E-state index contributed by atoms with van der Waals surface area (Å²) in [5.74, 6) is 0.863. The zero-order chi connectivity index (χ0) is 14.8. The van der Waals surface area contributed by atoms with Gasteiger partial charge in [0.2, 0.25) is 0 Å². The summed E-state index contributed by atoms with van der Waals surface area (Å²) >= 11 is 6.01. The van der Waals surface area contributed by atoms with Gasteiger partial charge in [-0.15, -0.1) is 12.4 Å². The molecule has 1 aromatic rings. The first-order chi connectivity index (χ1) is 10.2. The van der Waals surface area contributed by atoms with Crippen LogP contribution in [0.2, 0.25) is 5.02 Å². The summed E-state index contributed by atoms with van der Waals surface area (Å²) in [7, 11) is 1.92. The Morgan fingerprint density at radius 3 is 3.09 bits per heavy atom. The standard InChI is InChI=1S/C16H19ClN2O2.ClH/c1-18-9-14-3-2-6-19(14)16(20)12-7-11-8-13(17)4-5-15(11)21-10-12;/h4-5,7-8,14,18H,2-3,6,9-10H2,1H3;1H. The lowest BCUT2D eigenvalue weighted by Crippen LogP contribution is -2.42.